The second kappa shape index (κ2) is 4.31. The first-order valence-corrected chi connectivity index (χ1v) is 5.04. The lowest BCUT2D eigenvalue weighted by molar-refractivity contribution is -0.385. The number of halogens is 6. The molecule has 0 bridgehead atoms. The highest BCUT2D eigenvalue weighted by molar-refractivity contribution is 5.01. The Morgan fingerprint density at radius 1 is 0.824 bits per heavy atom. The summed E-state index contributed by atoms with van der Waals surface area (Å²) in [6.07, 6.45) is -13.7. The fourth-order valence-electron chi connectivity index (χ4n) is 2.12. The van der Waals surface area contributed by atoms with Crippen molar-refractivity contribution in [2.24, 2.45) is 5.92 Å². The van der Waals surface area contributed by atoms with E-state index in [1.165, 1.54) is 0 Å². The molecule has 8 heteroatoms. The topological polar surface area (TPSA) is 40.5 Å². The molecule has 0 amide bonds. The Bertz CT molecular complexity index is 250. The maximum atomic E-state index is 13.6. The van der Waals surface area contributed by atoms with Gasteiger partial charge in [0.15, 0.2) is 0 Å². The third kappa shape index (κ3) is 2.52. The van der Waals surface area contributed by atoms with Crippen molar-refractivity contribution in [3.05, 3.63) is 0 Å². The zero-order valence-electron chi connectivity index (χ0n) is 8.65. The number of aliphatic hydroxyl groups excluding tert-OH is 1. The Morgan fingerprint density at radius 3 is 1.53 bits per heavy atom. The zero-order chi connectivity index (χ0) is 13.5. The molecule has 2 nitrogen and oxygen atoms in total. The Hall–Kier alpha value is -0.500. The fraction of sp³-hybridized carbons (Fsp3) is 1.00. The minimum absolute atomic E-state index is 0.192. The van der Waals surface area contributed by atoms with Gasteiger partial charge in [-0.25, -0.2) is 4.39 Å². The van der Waals surface area contributed by atoms with Gasteiger partial charge in [0.05, 0.1) is 6.10 Å². The molecule has 0 aromatic carbocycles. The predicted molar refractivity (Wildman–Crippen MR) is 45.0 cm³/mol. The van der Waals surface area contributed by atoms with Gasteiger partial charge in [-0.2, -0.15) is 22.0 Å². The van der Waals surface area contributed by atoms with E-state index < -0.39 is 42.8 Å². The van der Waals surface area contributed by atoms with Gasteiger partial charge in [0.1, 0.15) is 0 Å². The molecule has 1 aliphatic rings. The van der Waals surface area contributed by atoms with Gasteiger partial charge in [-0.1, -0.05) is 0 Å². The molecule has 0 saturated heterocycles. The molecule has 2 N–H and O–H groups in total. The van der Waals surface area contributed by atoms with Gasteiger partial charge in [-0.3, -0.25) is 0 Å². The van der Waals surface area contributed by atoms with Crippen LogP contribution in [0.4, 0.5) is 26.3 Å². The quantitative estimate of drug-likeness (QED) is 0.753. The van der Waals surface area contributed by atoms with Crippen LogP contribution in [0.25, 0.3) is 0 Å². The van der Waals surface area contributed by atoms with E-state index >= 15 is 0 Å². The number of hydrogen-bond acceptors (Lipinski definition) is 2. The van der Waals surface area contributed by atoms with Crippen molar-refractivity contribution < 1.29 is 36.6 Å². The second-order valence-corrected chi connectivity index (χ2v) is 4.26. The Kier molecular flexibility index (Phi) is 3.69. The maximum absolute atomic E-state index is 13.6. The highest BCUT2D eigenvalue weighted by Crippen LogP contribution is 2.52. The van der Waals surface area contributed by atoms with E-state index in [1.807, 2.05) is 0 Å². The van der Waals surface area contributed by atoms with Crippen LogP contribution in [0.15, 0.2) is 0 Å². The van der Waals surface area contributed by atoms with Gasteiger partial charge >= 0.3 is 12.3 Å². The molecule has 102 valence electrons. The number of hydrogen-bond donors (Lipinski definition) is 2. The van der Waals surface area contributed by atoms with Crippen molar-refractivity contribution in [2.75, 3.05) is 0 Å². The Labute approximate surface area is 93.2 Å². The van der Waals surface area contributed by atoms with Crippen LogP contribution in [-0.2, 0) is 0 Å². The highest BCUT2D eigenvalue weighted by Gasteiger charge is 2.74. The predicted octanol–water partition coefficient (Wildman–Crippen LogP) is 2.39. The van der Waals surface area contributed by atoms with Crippen LogP contribution in [0, 0.1) is 5.92 Å². The van der Waals surface area contributed by atoms with E-state index in [4.69, 9.17) is 10.2 Å². The number of rotatable bonds is 2. The molecule has 1 unspecified atom stereocenters. The van der Waals surface area contributed by atoms with Crippen LogP contribution >= 0.6 is 0 Å². The standard InChI is InChI=1S/C9H12F6O2/c10-7(8(11,12)13,9(14,15)17)5-1-3-6(16)4-2-5/h5-6,16-17H,1-4H2. The van der Waals surface area contributed by atoms with E-state index in [1.54, 1.807) is 0 Å². The number of alkyl halides is 6. The average molecular weight is 266 g/mol. The van der Waals surface area contributed by atoms with Crippen molar-refractivity contribution in [3.63, 3.8) is 0 Å². The van der Waals surface area contributed by atoms with Crippen LogP contribution < -0.4 is 0 Å². The monoisotopic (exact) mass is 266 g/mol. The summed E-state index contributed by atoms with van der Waals surface area (Å²) in [4.78, 5) is 0. The zero-order valence-corrected chi connectivity index (χ0v) is 8.65. The molecule has 0 spiro atoms. The molecule has 1 rings (SSSR count). The van der Waals surface area contributed by atoms with Crippen molar-refractivity contribution in [2.45, 2.75) is 49.7 Å². The first-order valence-electron chi connectivity index (χ1n) is 5.04. The summed E-state index contributed by atoms with van der Waals surface area (Å²) < 4.78 is 75.9. The molecule has 1 atom stereocenters. The summed E-state index contributed by atoms with van der Waals surface area (Å²) >= 11 is 0. The summed E-state index contributed by atoms with van der Waals surface area (Å²) in [6, 6.07) is 0. The van der Waals surface area contributed by atoms with Gasteiger partial charge in [-0.15, -0.1) is 0 Å². The Morgan fingerprint density at radius 2 is 1.24 bits per heavy atom. The molecule has 0 heterocycles. The minimum Gasteiger partial charge on any atom is -0.393 e. The third-order valence-corrected chi connectivity index (χ3v) is 3.11. The highest BCUT2D eigenvalue weighted by atomic mass is 19.4. The maximum Gasteiger partial charge on any atom is 0.431 e. The van der Waals surface area contributed by atoms with Crippen molar-refractivity contribution in [1.29, 1.82) is 0 Å². The lowest BCUT2D eigenvalue weighted by atomic mass is 9.76. The Balaban J connectivity index is 3.00. The van der Waals surface area contributed by atoms with E-state index in [2.05, 4.69) is 0 Å². The first-order chi connectivity index (χ1) is 7.50. The summed E-state index contributed by atoms with van der Waals surface area (Å²) in [5.41, 5.74) is -4.96. The first kappa shape index (κ1) is 14.6. The SMILES string of the molecule is OC1CCC(C(F)(C(O)(F)F)C(F)(F)F)CC1. The lowest BCUT2D eigenvalue weighted by Gasteiger charge is -2.40. The van der Waals surface area contributed by atoms with E-state index in [9.17, 15) is 26.3 Å². The molecule has 0 aromatic rings. The largest absolute Gasteiger partial charge is 0.431 e. The van der Waals surface area contributed by atoms with Gasteiger partial charge in [0.25, 0.3) is 5.67 Å². The van der Waals surface area contributed by atoms with Crippen molar-refractivity contribution >= 4 is 0 Å². The third-order valence-electron chi connectivity index (χ3n) is 3.11. The minimum atomic E-state index is -5.86. The van der Waals surface area contributed by atoms with Gasteiger partial charge in [-0.05, 0) is 25.7 Å². The molecular weight excluding hydrogens is 254 g/mol. The molecule has 0 aliphatic heterocycles. The second-order valence-electron chi connectivity index (χ2n) is 4.26. The lowest BCUT2D eigenvalue weighted by Crippen LogP contribution is -2.60. The normalized spacial score (nSPS) is 31.1. The van der Waals surface area contributed by atoms with Crippen LogP contribution in [0.1, 0.15) is 25.7 Å². The van der Waals surface area contributed by atoms with Gasteiger partial charge in [0, 0.05) is 5.92 Å². The smallest absolute Gasteiger partial charge is 0.393 e. The van der Waals surface area contributed by atoms with Crippen LogP contribution in [0.2, 0.25) is 0 Å². The summed E-state index contributed by atoms with van der Waals surface area (Å²) in [5, 5.41) is 17.2. The molecule has 1 saturated carbocycles. The van der Waals surface area contributed by atoms with Crippen LogP contribution in [0.3, 0.4) is 0 Å². The van der Waals surface area contributed by atoms with E-state index in [0.29, 0.717) is 0 Å². The van der Waals surface area contributed by atoms with Gasteiger partial charge in [0.2, 0.25) is 0 Å². The van der Waals surface area contributed by atoms with E-state index in [0.717, 1.165) is 0 Å². The van der Waals surface area contributed by atoms with Crippen LogP contribution in [-0.4, -0.2) is 34.3 Å². The van der Waals surface area contributed by atoms with Crippen LogP contribution in [0.5, 0.6) is 0 Å². The molecular formula is C9H12F6O2. The molecule has 0 aromatic heterocycles. The van der Waals surface area contributed by atoms with Crippen molar-refractivity contribution in [3.8, 4) is 0 Å². The van der Waals surface area contributed by atoms with Crippen molar-refractivity contribution in [1.82, 2.24) is 0 Å². The van der Waals surface area contributed by atoms with Gasteiger partial charge < -0.3 is 10.2 Å². The molecule has 0 radical (unpaired) electrons. The average Bonchev–Trinajstić information content (AvgIpc) is 2.14. The molecule has 1 aliphatic carbocycles. The summed E-state index contributed by atoms with van der Waals surface area (Å²) in [5.74, 6) is -2.05. The number of aliphatic hydroxyl groups is 2. The molecule has 17 heavy (non-hydrogen) atoms. The van der Waals surface area contributed by atoms with E-state index in [-0.39, 0.29) is 12.8 Å². The summed E-state index contributed by atoms with van der Waals surface area (Å²) in [7, 11) is 0. The molecule has 1 fully saturated rings. The fourth-order valence-corrected chi connectivity index (χ4v) is 2.12. The summed E-state index contributed by atoms with van der Waals surface area (Å²) in [6.45, 7) is 0.